The molecule has 1 amide bonds. The molecule has 5 rings (SSSR count). The number of aromatic amines is 1. The van der Waals surface area contributed by atoms with E-state index in [-0.39, 0.29) is 5.91 Å². The normalized spacial score (nSPS) is 14.6. The molecule has 0 unspecified atom stereocenters. The average Bonchev–Trinajstić information content (AvgIpc) is 3.41. The number of H-pyrrole nitrogens is 1. The highest BCUT2D eigenvalue weighted by Gasteiger charge is 2.16. The van der Waals surface area contributed by atoms with Crippen molar-refractivity contribution in [3.05, 3.63) is 71.8 Å². The molecule has 2 aromatic carbocycles. The summed E-state index contributed by atoms with van der Waals surface area (Å²) in [5, 5.41) is 6.31. The van der Waals surface area contributed by atoms with Gasteiger partial charge in [0.25, 0.3) is 5.91 Å². The van der Waals surface area contributed by atoms with Crippen LogP contribution in [0.5, 0.6) is 0 Å². The molecule has 0 bridgehead atoms. The first-order valence-corrected chi connectivity index (χ1v) is 13.1. The molecular weight excluding hydrogens is 488 g/mol. The molecule has 9 nitrogen and oxygen atoms in total. The number of anilines is 3. The van der Waals surface area contributed by atoms with E-state index in [1.54, 1.807) is 6.33 Å². The fourth-order valence-electron chi connectivity index (χ4n) is 4.49. The Kier molecular flexibility index (Phi) is 7.93. The summed E-state index contributed by atoms with van der Waals surface area (Å²) >= 11 is 5.86. The first-order chi connectivity index (χ1) is 18.1. The van der Waals surface area contributed by atoms with E-state index >= 15 is 0 Å². The number of rotatable bonds is 9. The van der Waals surface area contributed by atoms with Crippen LogP contribution in [-0.4, -0.2) is 80.8 Å². The van der Waals surface area contributed by atoms with Crippen LogP contribution in [0.25, 0.3) is 11.2 Å². The summed E-state index contributed by atoms with van der Waals surface area (Å²) in [6, 6.07) is 13.7. The molecule has 10 heteroatoms. The first-order valence-electron chi connectivity index (χ1n) is 12.5. The van der Waals surface area contributed by atoms with Crippen LogP contribution in [0.4, 0.5) is 17.2 Å². The van der Waals surface area contributed by atoms with Crippen molar-refractivity contribution in [1.82, 2.24) is 29.7 Å². The molecule has 1 saturated heterocycles. The molecule has 0 saturated carbocycles. The van der Waals surface area contributed by atoms with Gasteiger partial charge in [-0.15, -0.1) is 11.6 Å². The summed E-state index contributed by atoms with van der Waals surface area (Å²) < 4.78 is 0. The number of carbonyl (C=O) groups excluding carboxylic acids is 1. The molecule has 1 fully saturated rings. The van der Waals surface area contributed by atoms with E-state index in [0.717, 1.165) is 62.6 Å². The lowest BCUT2D eigenvalue weighted by Crippen LogP contribution is -2.47. The fourth-order valence-corrected chi connectivity index (χ4v) is 4.73. The fraction of sp³-hybridized carbons (Fsp3) is 0.333. The third-order valence-corrected chi connectivity index (χ3v) is 6.94. The topological polar surface area (TPSA) is 102 Å². The number of benzene rings is 2. The lowest BCUT2D eigenvalue weighted by molar-refractivity contribution is 0.102. The Hall–Kier alpha value is -3.53. The SMILES string of the molecule is Cc1ccc(C(=O)Nc2ccc(CCN3CCN(CCCl)CC3)cc2)cc1Nc1ncnc2nc[nH]c12. The number of aromatic nitrogens is 4. The lowest BCUT2D eigenvalue weighted by Gasteiger charge is -2.34. The lowest BCUT2D eigenvalue weighted by atomic mass is 10.1. The standard InChI is InChI=1S/C27H31ClN8O/c1-19-2-5-21(16-23(19)34-26-24-25(30-17-29-24)31-18-32-26)27(37)33-22-6-3-20(4-7-22)8-10-35-12-14-36(11-9-28)15-13-35/h2-7,16-18H,8-15H2,1H3,(H,33,37)(H2,29,30,31,32,34). The smallest absolute Gasteiger partial charge is 0.255 e. The van der Waals surface area contributed by atoms with Crippen LogP contribution in [0.2, 0.25) is 0 Å². The predicted molar refractivity (Wildman–Crippen MR) is 148 cm³/mol. The Morgan fingerprint density at radius 1 is 1.00 bits per heavy atom. The number of imidazole rings is 1. The largest absolute Gasteiger partial charge is 0.340 e. The van der Waals surface area contributed by atoms with Crippen LogP contribution >= 0.6 is 11.6 Å². The Morgan fingerprint density at radius 2 is 1.76 bits per heavy atom. The molecule has 192 valence electrons. The minimum absolute atomic E-state index is 0.167. The number of nitrogens with one attached hydrogen (secondary N) is 3. The molecule has 1 aliphatic rings. The van der Waals surface area contributed by atoms with Crippen molar-refractivity contribution in [3.8, 4) is 0 Å². The maximum Gasteiger partial charge on any atom is 0.255 e. The highest BCUT2D eigenvalue weighted by Crippen LogP contribution is 2.24. The zero-order valence-corrected chi connectivity index (χ0v) is 21.6. The number of aryl methyl sites for hydroxylation is 1. The summed E-state index contributed by atoms with van der Waals surface area (Å²) in [7, 11) is 0. The van der Waals surface area contributed by atoms with E-state index in [4.69, 9.17) is 11.6 Å². The van der Waals surface area contributed by atoms with Crippen LogP contribution in [0.15, 0.2) is 55.1 Å². The highest BCUT2D eigenvalue weighted by atomic mass is 35.5. The second-order valence-electron chi connectivity index (χ2n) is 9.25. The number of fused-ring (bicyclic) bond motifs is 1. The average molecular weight is 519 g/mol. The van der Waals surface area contributed by atoms with Crippen molar-refractivity contribution < 1.29 is 4.79 Å². The molecular formula is C27H31ClN8O. The molecule has 0 atom stereocenters. The maximum absolute atomic E-state index is 13.0. The minimum Gasteiger partial charge on any atom is -0.340 e. The van der Waals surface area contributed by atoms with E-state index < -0.39 is 0 Å². The van der Waals surface area contributed by atoms with Crippen molar-refractivity contribution in [2.75, 3.05) is 55.8 Å². The van der Waals surface area contributed by atoms with Crippen molar-refractivity contribution in [3.63, 3.8) is 0 Å². The maximum atomic E-state index is 13.0. The van der Waals surface area contributed by atoms with Crippen molar-refractivity contribution in [1.29, 1.82) is 0 Å². The molecule has 37 heavy (non-hydrogen) atoms. The van der Waals surface area contributed by atoms with E-state index in [9.17, 15) is 4.79 Å². The molecule has 0 aliphatic carbocycles. The van der Waals surface area contributed by atoms with Gasteiger partial charge in [0.2, 0.25) is 0 Å². The number of hydrogen-bond donors (Lipinski definition) is 3. The van der Waals surface area contributed by atoms with Gasteiger partial charge in [0.15, 0.2) is 11.5 Å². The molecule has 3 N–H and O–H groups in total. The summed E-state index contributed by atoms with van der Waals surface area (Å²) in [5.41, 5.74) is 5.67. The van der Waals surface area contributed by atoms with Gasteiger partial charge in [-0.2, -0.15) is 0 Å². The highest BCUT2D eigenvalue weighted by molar-refractivity contribution is 6.18. The van der Waals surface area contributed by atoms with Crippen LogP contribution in [-0.2, 0) is 6.42 Å². The van der Waals surface area contributed by atoms with Gasteiger partial charge in [-0.3, -0.25) is 9.69 Å². The number of carbonyl (C=O) groups is 1. The van der Waals surface area contributed by atoms with Crippen LogP contribution in [0, 0.1) is 6.92 Å². The molecule has 4 aromatic rings. The molecule has 0 radical (unpaired) electrons. The van der Waals surface area contributed by atoms with E-state index in [1.165, 1.54) is 11.9 Å². The predicted octanol–water partition coefficient (Wildman–Crippen LogP) is 4.06. The zero-order valence-electron chi connectivity index (χ0n) is 20.9. The number of nitrogens with zero attached hydrogens (tertiary/aromatic N) is 5. The van der Waals surface area contributed by atoms with Crippen molar-refractivity contribution in [2.24, 2.45) is 0 Å². The zero-order chi connectivity index (χ0) is 25.6. The number of hydrogen-bond acceptors (Lipinski definition) is 7. The number of alkyl halides is 1. The van der Waals surface area contributed by atoms with Crippen LogP contribution < -0.4 is 10.6 Å². The van der Waals surface area contributed by atoms with Gasteiger partial charge >= 0.3 is 0 Å². The number of amides is 1. The van der Waals surface area contributed by atoms with Gasteiger partial charge in [-0.25, -0.2) is 15.0 Å². The second kappa shape index (κ2) is 11.7. The molecule has 3 heterocycles. The Morgan fingerprint density at radius 3 is 2.51 bits per heavy atom. The number of halogens is 1. The summed E-state index contributed by atoms with van der Waals surface area (Å²) in [5.74, 6) is 1.14. The summed E-state index contributed by atoms with van der Waals surface area (Å²) in [6.45, 7) is 8.33. The molecule has 0 spiro atoms. The third kappa shape index (κ3) is 6.25. The number of piperazine rings is 1. The molecule has 1 aliphatic heterocycles. The van der Waals surface area contributed by atoms with Crippen LogP contribution in [0.3, 0.4) is 0 Å². The Labute approximate surface area is 221 Å². The Balaban J connectivity index is 1.17. The van der Waals surface area contributed by atoms with Gasteiger partial charge in [0, 0.05) is 62.1 Å². The van der Waals surface area contributed by atoms with Gasteiger partial charge in [0.1, 0.15) is 11.8 Å². The second-order valence-corrected chi connectivity index (χ2v) is 9.63. The van der Waals surface area contributed by atoms with E-state index in [0.29, 0.717) is 28.4 Å². The summed E-state index contributed by atoms with van der Waals surface area (Å²) in [4.78, 5) is 33.6. The first kappa shape index (κ1) is 25.1. The van der Waals surface area contributed by atoms with Gasteiger partial charge < -0.3 is 20.5 Å². The van der Waals surface area contributed by atoms with Crippen molar-refractivity contribution in [2.45, 2.75) is 13.3 Å². The van der Waals surface area contributed by atoms with Gasteiger partial charge in [0.05, 0.1) is 6.33 Å². The van der Waals surface area contributed by atoms with E-state index in [2.05, 4.69) is 52.5 Å². The van der Waals surface area contributed by atoms with Crippen LogP contribution in [0.1, 0.15) is 21.5 Å². The van der Waals surface area contributed by atoms with Gasteiger partial charge in [-0.1, -0.05) is 18.2 Å². The third-order valence-electron chi connectivity index (χ3n) is 6.77. The Bertz CT molecular complexity index is 1350. The summed E-state index contributed by atoms with van der Waals surface area (Å²) in [6.07, 6.45) is 4.03. The molecule has 2 aromatic heterocycles. The quantitative estimate of drug-likeness (QED) is 0.287. The minimum atomic E-state index is -0.167. The monoisotopic (exact) mass is 518 g/mol. The van der Waals surface area contributed by atoms with E-state index in [1.807, 2.05) is 37.3 Å². The van der Waals surface area contributed by atoms with Crippen molar-refractivity contribution >= 4 is 45.9 Å². The van der Waals surface area contributed by atoms with Gasteiger partial charge in [-0.05, 0) is 48.7 Å².